The highest BCUT2D eigenvalue weighted by molar-refractivity contribution is 14.1. The van der Waals surface area contributed by atoms with E-state index in [9.17, 15) is 0 Å². The minimum Gasteiger partial charge on any atom is -0.313 e. The van der Waals surface area contributed by atoms with Gasteiger partial charge in [-0.05, 0) is 46.8 Å². The molecule has 1 heterocycles. The second kappa shape index (κ2) is 5.45. The van der Waals surface area contributed by atoms with Crippen LogP contribution in [0.15, 0.2) is 36.7 Å². The predicted molar refractivity (Wildman–Crippen MR) is 73.7 cm³/mol. The fraction of sp³-hybridized carbons (Fsp3) is 0.250. The zero-order valence-electron chi connectivity index (χ0n) is 9.15. The number of benzene rings is 1. The molecular weight excluding hydrogens is 313 g/mol. The SMILES string of the molecule is CCNCc1ccc(-n2cc(I)cn2)cc1. The van der Waals surface area contributed by atoms with Crippen molar-refractivity contribution in [3.8, 4) is 5.69 Å². The Morgan fingerprint density at radius 3 is 2.62 bits per heavy atom. The summed E-state index contributed by atoms with van der Waals surface area (Å²) in [6.07, 6.45) is 3.87. The van der Waals surface area contributed by atoms with Crippen LogP contribution in [0.3, 0.4) is 0 Å². The van der Waals surface area contributed by atoms with E-state index in [0.29, 0.717) is 0 Å². The van der Waals surface area contributed by atoms with Gasteiger partial charge < -0.3 is 5.32 Å². The van der Waals surface area contributed by atoms with Gasteiger partial charge in [-0.1, -0.05) is 19.1 Å². The number of aromatic nitrogens is 2. The van der Waals surface area contributed by atoms with Crippen molar-refractivity contribution in [1.29, 1.82) is 0 Å². The van der Waals surface area contributed by atoms with Gasteiger partial charge in [0.15, 0.2) is 0 Å². The van der Waals surface area contributed by atoms with Crippen LogP contribution < -0.4 is 5.32 Å². The molecule has 4 heteroatoms. The molecular formula is C12H14IN3. The molecule has 0 atom stereocenters. The lowest BCUT2D eigenvalue weighted by atomic mass is 10.2. The summed E-state index contributed by atoms with van der Waals surface area (Å²) in [6, 6.07) is 8.45. The largest absolute Gasteiger partial charge is 0.313 e. The van der Waals surface area contributed by atoms with Crippen molar-refractivity contribution >= 4 is 22.6 Å². The second-order valence-corrected chi connectivity index (χ2v) is 4.80. The molecule has 0 aliphatic rings. The smallest absolute Gasteiger partial charge is 0.0646 e. The van der Waals surface area contributed by atoms with E-state index in [2.05, 4.69) is 64.2 Å². The van der Waals surface area contributed by atoms with Crippen LogP contribution >= 0.6 is 22.6 Å². The Morgan fingerprint density at radius 1 is 1.31 bits per heavy atom. The molecule has 0 saturated heterocycles. The lowest BCUT2D eigenvalue weighted by Crippen LogP contribution is -2.11. The molecule has 16 heavy (non-hydrogen) atoms. The monoisotopic (exact) mass is 327 g/mol. The molecule has 0 amide bonds. The topological polar surface area (TPSA) is 29.9 Å². The zero-order chi connectivity index (χ0) is 11.4. The molecule has 1 aromatic carbocycles. The van der Waals surface area contributed by atoms with E-state index in [-0.39, 0.29) is 0 Å². The molecule has 2 aromatic rings. The van der Waals surface area contributed by atoms with Gasteiger partial charge in [0.25, 0.3) is 0 Å². The summed E-state index contributed by atoms with van der Waals surface area (Å²) in [5.74, 6) is 0. The summed E-state index contributed by atoms with van der Waals surface area (Å²) in [5, 5.41) is 7.58. The molecule has 0 radical (unpaired) electrons. The quantitative estimate of drug-likeness (QED) is 0.875. The Kier molecular flexibility index (Phi) is 3.95. The van der Waals surface area contributed by atoms with Crippen LogP contribution in [-0.4, -0.2) is 16.3 Å². The maximum Gasteiger partial charge on any atom is 0.0646 e. The average Bonchev–Trinajstić information content (AvgIpc) is 2.74. The summed E-state index contributed by atoms with van der Waals surface area (Å²) in [7, 11) is 0. The molecule has 1 aromatic heterocycles. The van der Waals surface area contributed by atoms with Crippen molar-refractivity contribution in [1.82, 2.24) is 15.1 Å². The zero-order valence-corrected chi connectivity index (χ0v) is 11.3. The number of hydrogen-bond donors (Lipinski definition) is 1. The standard InChI is InChI=1S/C12H14IN3/c1-2-14-7-10-3-5-12(6-4-10)16-9-11(13)8-15-16/h3-6,8-9,14H,2,7H2,1H3. The molecule has 0 aliphatic heterocycles. The third-order valence-electron chi connectivity index (χ3n) is 2.33. The van der Waals surface area contributed by atoms with Gasteiger partial charge in [0.2, 0.25) is 0 Å². The average molecular weight is 327 g/mol. The van der Waals surface area contributed by atoms with Crippen LogP contribution in [0.25, 0.3) is 5.69 Å². The van der Waals surface area contributed by atoms with Crippen LogP contribution in [-0.2, 0) is 6.54 Å². The fourth-order valence-electron chi connectivity index (χ4n) is 1.48. The Balaban J connectivity index is 2.13. The summed E-state index contributed by atoms with van der Waals surface area (Å²) in [6.45, 7) is 4.03. The van der Waals surface area contributed by atoms with Crippen molar-refractivity contribution in [2.75, 3.05) is 6.54 Å². The molecule has 0 aliphatic carbocycles. The Hall–Kier alpha value is -0.880. The van der Waals surface area contributed by atoms with E-state index in [0.717, 1.165) is 22.3 Å². The Bertz CT molecular complexity index is 448. The van der Waals surface area contributed by atoms with Gasteiger partial charge in [0.1, 0.15) is 0 Å². The third kappa shape index (κ3) is 2.82. The van der Waals surface area contributed by atoms with Crippen molar-refractivity contribution in [3.63, 3.8) is 0 Å². The van der Waals surface area contributed by atoms with Crippen molar-refractivity contribution < 1.29 is 0 Å². The first-order valence-corrected chi connectivity index (χ1v) is 6.37. The van der Waals surface area contributed by atoms with Crippen molar-refractivity contribution in [2.45, 2.75) is 13.5 Å². The molecule has 0 unspecified atom stereocenters. The molecule has 3 nitrogen and oxygen atoms in total. The molecule has 1 N–H and O–H groups in total. The summed E-state index contributed by atoms with van der Waals surface area (Å²) < 4.78 is 3.04. The number of rotatable bonds is 4. The molecule has 0 bridgehead atoms. The van der Waals surface area contributed by atoms with Crippen LogP contribution in [0, 0.1) is 3.57 Å². The van der Waals surface area contributed by atoms with Crippen LogP contribution in [0.2, 0.25) is 0 Å². The van der Waals surface area contributed by atoms with E-state index in [1.165, 1.54) is 5.56 Å². The van der Waals surface area contributed by atoms with Gasteiger partial charge >= 0.3 is 0 Å². The minimum atomic E-state index is 0.924. The first-order chi connectivity index (χ1) is 7.79. The number of nitrogens with zero attached hydrogens (tertiary/aromatic N) is 2. The molecule has 0 spiro atoms. The summed E-state index contributed by atoms with van der Waals surface area (Å²) in [4.78, 5) is 0. The van der Waals surface area contributed by atoms with Crippen molar-refractivity contribution in [3.05, 3.63) is 45.8 Å². The molecule has 0 saturated carbocycles. The van der Waals surface area contributed by atoms with Crippen LogP contribution in [0.1, 0.15) is 12.5 Å². The van der Waals surface area contributed by atoms with E-state index in [1.807, 2.05) is 17.1 Å². The summed E-state index contributed by atoms with van der Waals surface area (Å²) in [5.41, 5.74) is 2.40. The molecule has 0 fully saturated rings. The first kappa shape index (κ1) is 11.6. The van der Waals surface area contributed by atoms with Gasteiger partial charge in [-0.2, -0.15) is 5.10 Å². The predicted octanol–water partition coefficient (Wildman–Crippen LogP) is 2.59. The normalized spacial score (nSPS) is 10.6. The second-order valence-electron chi connectivity index (χ2n) is 3.55. The number of hydrogen-bond acceptors (Lipinski definition) is 2. The van der Waals surface area contributed by atoms with Crippen molar-refractivity contribution in [2.24, 2.45) is 0 Å². The van der Waals surface area contributed by atoms with Gasteiger partial charge in [-0.25, -0.2) is 4.68 Å². The van der Waals surface area contributed by atoms with E-state index >= 15 is 0 Å². The van der Waals surface area contributed by atoms with E-state index in [1.54, 1.807) is 0 Å². The lowest BCUT2D eigenvalue weighted by molar-refractivity contribution is 0.726. The Morgan fingerprint density at radius 2 is 2.06 bits per heavy atom. The summed E-state index contributed by atoms with van der Waals surface area (Å²) >= 11 is 2.26. The van der Waals surface area contributed by atoms with Crippen LogP contribution in [0.5, 0.6) is 0 Å². The Labute approximate surface area is 109 Å². The third-order valence-corrected chi connectivity index (χ3v) is 2.89. The number of nitrogens with one attached hydrogen (secondary N) is 1. The minimum absolute atomic E-state index is 0.924. The molecule has 2 rings (SSSR count). The van der Waals surface area contributed by atoms with Gasteiger partial charge in [0.05, 0.1) is 15.5 Å². The maximum absolute atomic E-state index is 4.27. The highest BCUT2D eigenvalue weighted by Gasteiger charge is 1.98. The van der Waals surface area contributed by atoms with Gasteiger partial charge in [-0.3, -0.25) is 0 Å². The van der Waals surface area contributed by atoms with Crippen LogP contribution in [0.4, 0.5) is 0 Å². The number of halogens is 1. The fourth-order valence-corrected chi connectivity index (χ4v) is 1.87. The van der Waals surface area contributed by atoms with E-state index in [4.69, 9.17) is 0 Å². The maximum atomic E-state index is 4.27. The lowest BCUT2D eigenvalue weighted by Gasteiger charge is -2.04. The van der Waals surface area contributed by atoms with Gasteiger partial charge in [-0.15, -0.1) is 0 Å². The van der Waals surface area contributed by atoms with Gasteiger partial charge in [0, 0.05) is 12.7 Å². The highest BCUT2D eigenvalue weighted by Crippen LogP contribution is 2.11. The van der Waals surface area contributed by atoms with E-state index < -0.39 is 0 Å². The first-order valence-electron chi connectivity index (χ1n) is 5.30. The highest BCUT2D eigenvalue weighted by atomic mass is 127. The molecule has 84 valence electrons.